The summed E-state index contributed by atoms with van der Waals surface area (Å²) in [6.45, 7) is 4.89. The highest BCUT2D eigenvalue weighted by atomic mass is 79.9. The van der Waals surface area contributed by atoms with Crippen molar-refractivity contribution < 1.29 is 4.92 Å². The summed E-state index contributed by atoms with van der Waals surface area (Å²) in [6.07, 6.45) is 4.30. The highest BCUT2D eigenvalue weighted by Gasteiger charge is 2.30. The maximum atomic E-state index is 11.8. The van der Waals surface area contributed by atoms with Gasteiger partial charge in [0.25, 0.3) is 0 Å². The van der Waals surface area contributed by atoms with Crippen LogP contribution in [0.1, 0.15) is 37.4 Å². The Balaban J connectivity index is 1.86. The summed E-state index contributed by atoms with van der Waals surface area (Å²) in [5, 5.41) is 18.6. The lowest BCUT2D eigenvalue weighted by Crippen LogP contribution is -2.31. The average Bonchev–Trinajstić information content (AvgIpc) is 3.01. The van der Waals surface area contributed by atoms with Gasteiger partial charge >= 0.3 is 5.69 Å². The van der Waals surface area contributed by atoms with E-state index in [1.807, 2.05) is 6.07 Å². The van der Waals surface area contributed by atoms with Crippen LogP contribution in [0, 0.1) is 16.0 Å². The van der Waals surface area contributed by atoms with E-state index in [0.717, 1.165) is 69.7 Å². The molecule has 146 valence electrons. The summed E-state index contributed by atoms with van der Waals surface area (Å²) in [5.74, 6) is 1.93. The van der Waals surface area contributed by atoms with Gasteiger partial charge in [-0.25, -0.2) is 4.98 Å². The van der Waals surface area contributed by atoms with Crippen molar-refractivity contribution in [3.8, 4) is 0 Å². The largest absolute Gasteiger partial charge is 0.327 e. The molecular weight excluding hydrogens is 478 g/mol. The smallest absolute Gasteiger partial charge is 0.312 e. The van der Waals surface area contributed by atoms with Crippen molar-refractivity contribution in [1.29, 1.82) is 0 Å². The number of nitrogens with one attached hydrogen (secondary N) is 2. The Morgan fingerprint density at radius 2 is 1.78 bits per heavy atom. The fourth-order valence-electron chi connectivity index (χ4n) is 4.28. The van der Waals surface area contributed by atoms with Crippen molar-refractivity contribution >= 4 is 48.6 Å². The summed E-state index contributed by atoms with van der Waals surface area (Å²) in [6, 6.07) is 1.98. The molecule has 0 saturated carbocycles. The average molecular weight is 501 g/mol. The van der Waals surface area contributed by atoms with Gasteiger partial charge in [0.05, 0.1) is 10.4 Å². The Bertz CT molecular complexity index is 857. The maximum absolute atomic E-state index is 11.8. The summed E-state index contributed by atoms with van der Waals surface area (Å²) in [4.78, 5) is 16.3. The molecule has 0 aliphatic carbocycles. The van der Waals surface area contributed by atoms with Gasteiger partial charge in [0.2, 0.25) is 0 Å². The van der Waals surface area contributed by atoms with E-state index in [4.69, 9.17) is 4.98 Å². The number of piperidine rings is 2. The topological polar surface area (TPSA) is 85.0 Å². The highest BCUT2D eigenvalue weighted by molar-refractivity contribution is 9.13. The zero-order chi connectivity index (χ0) is 19.0. The van der Waals surface area contributed by atoms with Gasteiger partial charge in [0.15, 0.2) is 5.52 Å². The molecule has 0 unspecified atom stereocenters. The number of hydrogen-bond donors (Lipinski definition) is 2. The van der Waals surface area contributed by atoms with Gasteiger partial charge in [-0.15, -0.1) is 0 Å². The number of benzene rings is 1. The standard InChI is InChI=1S/C18H23Br2N5O2/c19-13-9-14-16(17(15(13)20)25(26)27)23-18(12-3-7-22-8-4-12)24(14)10-11-1-5-21-6-2-11/h9,11-12,21-22H,1-8,10H2. The molecule has 0 radical (unpaired) electrons. The molecule has 7 nitrogen and oxygen atoms in total. The fraction of sp³-hybridized carbons (Fsp3) is 0.611. The summed E-state index contributed by atoms with van der Waals surface area (Å²) < 4.78 is 3.43. The van der Waals surface area contributed by atoms with Crippen LogP contribution in [0.4, 0.5) is 5.69 Å². The molecule has 0 amide bonds. The number of nitrogens with zero attached hydrogens (tertiary/aromatic N) is 3. The van der Waals surface area contributed by atoms with Crippen LogP contribution >= 0.6 is 31.9 Å². The van der Waals surface area contributed by atoms with Crippen molar-refractivity contribution in [1.82, 2.24) is 20.2 Å². The van der Waals surface area contributed by atoms with Gasteiger partial charge < -0.3 is 15.2 Å². The van der Waals surface area contributed by atoms with Gasteiger partial charge in [-0.05, 0) is 95.7 Å². The first-order valence-electron chi connectivity index (χ1n) is 9.50. The Morgan fingerprint density at radius 1 is 1.15 bits per heavy atom. The molecule has 2 saturated heterocycles. The Morgan fingerprint density at radius 3 is 2.41 bits per heavy atom. The van der Waals surface area contributed by atoms with Crippen LogP contribution in [0.3, 0.4) is 0 Å². The molecule has 2 N–H and O–H groups in total. The molecule has 0 bridgehead atoms. The molecular formula is C18H23Br2N5O2. The summed E-state index contributed by atoms with van der Waals surface area (Å²) in [7, 11) is 0. The van der Waals surface area contributed by atoms with E-state index >= 15 is 0 Å². The van der Waals surface area contributed by atoms with Crippen LogP contribution in [0.5, 0.6) is 0 Å². The number of imidazole rings is 1. The molecule has 2 aliphatic rings. The van der Waals surface area contributed by atoms with Crippen molar-refractivity contribution in [2.24, 2.45) is 5.92 Å². The summed E-state index contributed by atoms with van der Waals surface area (Å²) >= 11 is 6.86. The number of rotatable bonds is 4. The molecule has 1 aromatic heterocycles. The third-order valence-corrected chi connectivity index (χ3v) is 7.69. The van der Waals surface area contributed by atoms with Gasteiger partial charge in [-0.3, -0.25) is 10.1 Å². The normalized spacial score (nSPS) is 19.6. The SMILES string of the molecule is O=[N+]([O-])c1c(Br)c(Br)cc2c1nc(C1CCNCC1)n2CC1CCNCC1. The second-order valence-corrected chi connectivity index (χ2v) is 9.09. The lowest BCUT2D eigenvalue weighted by molar-refractivity contribution is -0.384. The van der Waals surface area contributed by atoms with E-state index in [1.54, 1.807) is 0 Å². The van der Waals surface area contributed by atoms with Crippen molar-refractivity contribution in [3.63, 3.8) is 0 Å². The van der Waals surface area contributed by atoms with Crippen LogP contribution in [0.15, 0.2) is 15.0 Å². The minimum absolute atomic E-state index is 0.0543. The number of nitro groups is 1. The molecule has 2 fully saturated rings. The number of nitro benzene ring substituents is 1. The molecule has 1 aromatic carbocycles. The monoisotopic (exact) mass is 499 g/mol. The van der Waals surface area contributed by atoms with E-state index in [1.165, 1.54) is 0 Å². The predicted octanol–water partition coefficient (Wildman–Crippen LogP) is 3.94. The predicted molar refractivity (Wildman–Crippen MR) is 112 cm³/mol. The zero-order valence-corrected chi connectivity index (χ0v) is 18.2. The zero-order valence-electron chi connectivity index (χ0n) is 15.0. The molecule has 0 atom stereocenters. The van der Waals surface area contributed by atoms with E-state index < -0.39 is 0 Å². The van der Waals surface area contributed by atoms with Gasteiger partial charge in [0, 0.05) is 16.9 Å². The van der Waals surface area contributed by atoms with E-state index in [9.17, 15) is 10.1 Å². The molecule has 0 spiro atoms. The van der Waals surface area contributed by atoms with Crippen molar-refractivity contribution in [2.75, 3.05) is 26.2 Å². The molecule has 4 rings (SSSR count). The van der Waals surface area contributed by atoms with Gasteiger partial charge in [0.1, 0.15) is 10.3 Å². The van der Waals surface area contributed by atoms with Crippen molar-refractivity contribution in [3.05, 3.63) is 31.0 Å². The van der Waals surface area contributed by atoms with Crippen LogP contribution in [0.2, 0.25) is 0 Å². The fourth-order valence-corrected chi connectivity index (χ4v) is 5.13. The lowest BCUT2D eigenvalue weighted by Gasteiger charge is -2.27. The number of halogens is 2. The second kappa shape index (κ2) is 8.14. The van der Waals surface area contributed by atoms with Gasteiger partial charge in [-0.2, -0.15) is 0 Å². The minimum Gasteiger partial charge on any atom is -0.327 e. The minimum atomic E-state index is -0.328. The first kappa shape index (κ1) is 19.3. The first-order valence-corrected chi connectivity index (χ1v) is 11.1. The third kappa shape index (κ3) is 3.79. The van der Waals surface area contributed by atoms with Crippen LogP contribution in [-0.2, 0) is 6.54 Å². The molecule has 27 heavy (non-hydrogen) atoms. The third-order valence-electron chi connectivity index (χ3n) is 5.73. The van der Waals surface area contributed by atoms with Crippen LogP contribution in [0.25, 0.3) is 11.0 Å². The van der Waals surface area contributed by atoms with Crippen molar-refractivity contribution in [2.45, 2.75) is 38.1 Å². The molecule has 9 heteroatoms. The van der Waals surface area contributed by atoms with Crippen LogP contribution < -0.4 is 10.6 Å². The van der Waals surface area contributed by atoms with Gasteiger partial charge in [-0.1, -0.05) is 0 Å². The molecule has 2 aromatic rings. The highest BCUT2D eigenvalue weighted by Crippen LogP contribution is 2.41. The van der Waals surface area contributed by atoms with E-state index in [2.05, 4.69) is 47.1 Å². The van der Waals surface area contributed by atoms with Crippen LogP contribution in [-0.4, -0.2) is 40.7 Å². The Kier molecular flexibility index (Phi) is 5.82. The quantitative estimate of drug-likeness (QED) is 0.490. The van der Waals surface area contributed by atoms with E-state index in [-0.39, 0.29) is 10.6 Å². The second-order valence-electron chi connectivity index (χ2n) is 7.44. The number of aromatic nitrogens is 2. The maximum Gasteiger partial charge on any atom is 0.312 e. The lowest BCUT2D eigenvalue weighted by atomic mass is 9.95. The molecule has 2 aliphatic heterocycles. The Hall–Kier alpha value is -1.03. The molecule has 3 heterocycles. The van der Waals surface area contributed by atoms with E-state index in [0.29, 0.717) is 26.3 Å². The number of fused-ring (bicyclic) bond motifs is 1. The number of hydrogen-bond acceptors (Lipinski definition) is 5. The first-order chi connectivity index (χ1) is 13.1. The summed E-state index contributed by atoms with van der Waals surface area (Å²) in [5.41, 5.74) is 1.42. The Labute approximate surface area is 174 Å².